The molecule has 0 aliphatic carbocycles. The highest BCUT2D eigenvalue weighted by Gasteiger charge is 2.33. The summed E-state index contributed by atoms with van der Waals surface area (Å²) in [4.78, 5) is 18.1. The number of ether oxygens (including phenoxy) is 1. The Morgan fingerprint density at radius 1 is 1.48 bits per heavy atom. The topological polar surface area (TPSA) is 66.5 Å². The summed E-state index contributed by atoms with van der Waals surface area (Å²) in [6.45, 7) is 8.08. The Balaban J connectivity index is 1.76. The summed E-state index contributed by atoms with van der Waals surface area (Å²) in [5, 5.41) is 6.88. The smallest absolute Gasteiger partial charge is 0.317 e. The summed E-state index contributed by atoms with van der Waals surface area (Å²) in [5.74, 6) is 0.548. The number of hydrogen-bond donors (Lipinski definition) is 2. The summed E-state index contributed by atoms with van der Waals surface area (Å²) < 4.78 is 5.79. The first-order valence-electron chi connectivity index (χ1n) is 7.52. The number of morpholine rings is 1. The third-order valence-corrected chi connectivity index (χ3v) is 3.85. The van der Waals surface area contributed by atoms with Crippen LogP contribution in [0.25, 0.3) is 0 Å². The average Bonchev–Trinajstić information content (AvgIpc) is 2.43. The van der Waals surface area contributed by atoms with Gasteiger partial charge in [-0.25, -0.2) is 9.78 Å². The fourth-order valence-corrected chi connectivity index (χ4v) is 3.06. The van der Waals surface area contributed by atoms with Gasteiger partial charge in [0.15, 0.2) is 0 Å². The highest BCUT2D eigenvalue weighted by Crippen LogP contribution is 2.22. The number of halogens is 2. The summed E-state index contributed by atoms with van der Waals surface area (Å²) in [6.07, 6.45) is 1.55. The van der Waals surface area contributed by atoms with E-state index in [2.05, 4.69) is 15.6 Å². The maximum absolute atomic E-state index is 12.2. The van der Waals surface area contributed by atoms with Crippen LogP contribution in [0, 0.1) is 0 Å². The first-order valence-corrected chi connectivity index (χ1v) is 8.28. The number of urea groups is 1. The molecule has 1 aliphatic rings. The lowest BCUT2D eigenvalue weighted by atomic mass is 10.1. The van der Waals surface area contributed by atoms with Gasteiger partial charge in [0, 0.05) is 25.8 Å². The second-order valence-electron chi connectivity index (χ2n) is 6.21. The molecule has 0 radical (unpaired) electrons. The lowest BCUT2D eigenvalue weighted by Gasteiger charge is -2.41. The number of pyridine rings is 1. The van der Waals surface area contributed by atoms with Crippen molar-refractivity contribution in [3.05, 3.63) is 22.3 Å². The van der Waals surface area contributed by atoms with E-state index in [1.165, 1.54) is 6.20 Å². The van der Waals surface area contributed by atoms with Crippen LogP contribution in [0.5, 0.6) is 0 Å². The molecule has 2 heterocycles. The zero-order valence-corrected chi connectivity index (χ0v) is 15.0. The van der Waals surface area contributed by atoms with E-state index in [0.717, 1.165) is 0 Å². The number of amides is 2. The van der Waals surface area contributed by atoms with Crippen LogP contribution in [-0.2, 0) is 4.74 Å². The average molecular weight is 361 g/mol. The van der Waals surface area contributed by atoms with Crippen molar-refractivity contribution in [3.63, 3.8) is 0 Å². The number of aromatic nitrogens is 1. The van der Waals surface area contributed by atoms with Gasteiger partial charge in [-0.3, -0.25) is 0 Å². The first kappa shape index (κ1) is 18.1. The van der Waals surface area contributed by atoms with Crippen molar-refractivity contribution >= 4 is 35.1 Å². The van der Waals surface area contributed by atoms with Crippen molar-refractivity contribution in [3.8, 4) is 0 Å². The van der Waals surface area contributed by atoms with Gasteiger partial charge in [0.25, 0.3) is 0 Å². The van der Waals surface area contributed by atoms with Gasteiger partial charge >= 0.3 is 6.03 Å². The zero-order valence-electron chi connectivity index (χ0n) is 13.5. The third kappa shape index (κ3) is 5.41. The molecule has 0 spiro atoms. The molecule has 1 fully saturated rings. The maximum Gasteiger partial charge on any atom is 0.317 e. The van der Waals surface area contributed by atoms with E-state index < -0.39 is 0 Å². The first-order chi connectivity index (χ1) is 10.8. The highest BCUT2D eigenvalue weighted by atomic mass is 35.5. The fraction of sp³-hybridized carbons (Fsp3) is 0.600. The summed E-state index contributed by atoms with van der Waals surface area (Å²) in [6, 6.07) is 1.53. The summed E-state index contributed by atoms with van der Waals surface area (Å²) in [7, 11) is 0. The van der Waals surface area contributed by atoms with Crippen LogP contribution >= 0.6 is 23.2 Å². The monoisotopic (exact) mass is 360 g/mol. The molecule has 0 bridgehead atoms. The molecule has 2 rings (SSSR count). The van der Waals surface area contributed by atoms with Crippen molar-refractivity contribution in [2.24, 2.45) is 0 Å². The summed E-state index contributed by atoms with van der Waals surface area (Å²) >= 11 is 11.8. The molecule has 23 heavy (non-hydrogen) atoms. The molecule has 1 saturated heterocycles. The van der Waals surface area contributed by atoms with E-state index in [-0.39, 0.29) is 17.7 Å². The van der Waals surface area contributed by atoms with Gasteiger partial charge in [-0.1, -0.05) is 23.2 Å². The molecule has 8 heteroatoms. The van der Waals surface area contributed by atoms with Gasteiger partial charge in [0.05, 0.1) is 28.3 Å². The summed E-state index contributed by atoms with van der Waals surface area (Å²) in [5.41, 5.74) is -0.325. The Bertz CT molecular complexity index is 568. The predicted octanol–water partition coefficient (Wildman–Crippen LogP) is 3.01. The molecular formula is C15H22Cl2N4O2. The molecule has 6 nitrogen and oxygen atoms in total. The van der Waals surface area contributed by atoms with Gasteiger partial charge in [-0.2, -0.15) is 0 Å². The van der Waals surface area contributed by atoms with Crippen LogP contribution in [0.1, 0.15) is 20.8 Å². The molecule has 2 amide bonds. The Kier molecular flexibility index (Phi) is 5.95. The van der Waals surface area contributed by atoms with Crippen LogP contribution in [0.3, 0.4) is 0 Å². The molecule has 1 aromatic heterocycles. The Hall–Kier alpha value is -1.24. The molecular weight excluding hydrogens is 339 g/mol. The number of nitrogens with zero attached hydrogens (tertiary/aromatic N) is 2. The maximum atomic E-state index is 12.2. The van der Waals surface area contributed by atoms with Crippen molar-refractivity contribution < 1.29 is 9.53 Å². The molecule has 0 aromatic carbocycles. The Morgan fingerprint density at radius 2 is 2.22 bits per heavy atom. The van der Waals surface area contributed by atoms with Crippen molar-refractivity contribution in [2.75, 3.05) is 31.5 Å². The van der Waals surface area contributed by atoms with Crippen molar-refractivity contribution in [2.45, 2.75) is 32.5 Å². The zero-order chi connectivity index (χ0) is 17.0. The molecule has 1 unspecified atom stereocenters. The number of rotatable bonds is 4. The quantitative estimate of drug-likeness (QED) is 0.809. The van der Waals surface area contributed by atoms with Gasteiger partial charge in [-0.05, 0) is 26.8 Å². The molecule has 1 aromatic rings. The highest BCUT2D eigenvalue weighted by molar-refractivity contribution is 6.35. The van der Waals surface area contributed by atoms with Gasteiger partial charge in [-0.15, -0.1) is 0 Å². The molecule has 128 valence electrons. The van der Waals surface area contributed by atoms with Gasteiger partial charge in [0.1, 0.15) is 5.82 Å². The van der Waals surface area contributed by atoms with E-state index in [9.17, 15) is 4.79 Å². The normalized spacial score (nSPS) is 20.2. The minimum absolute atomic E-state index is 0.0275. The van der Waals surface area contributed by atoms with Gasteiger partial charge in [0.2, 0.25) is 0 Å². The lowest BCUT2D eigenvalue weighted by Crippen LogP contribution is -2.56. The van der Waals surface area contributed by atoms with Gasteiger partial charge < -0.3 is 20.3 Å². The number of carbonyl (C=O) groups is 1. The number of nitrogens with one attached hydrogen (secondary N) is 2. The van der Waals surface area contributed by atoms with Crippen LogP contribution in [0.15, 0.2) is 12.3 Å². The largest absolute Gasteiger partial charge is 0.369 e. The van der Waals surface area contributed by atoms with Crippen molar-refractivity contribution in [1.82, 2.24) is 15.2 Å². The third-order valence-electron chi connectivity index (χ3n) is 3.36. The number of carbonyl (C=O) groups excluding carboxylic acids is 1. The SMILES string of the molecule is CC1CN(C(=O)NCCNc2ncc(Cl)cc2Cl)CC(C)(C)O1. The second kappa shape index (κ2) is 7.55. The van der Waals surface area contributed by atoms with Crippen LogP contribution in [-0.4, -0.2) is 53.8 Å². The van der Waals surface area contributed by atoms with E-state index in [0.29, 0.717) is 42.0 Å². The minimum Gasteiger partial charge on any atom is -0.369 e. The fourth-order valence-electron chi connectivity index (χ4n) is 2.62. The predicted molar refractivity (Wildman–Crippen MR) is 92.3 cm³/mol. The Morgan fingerprint density at radius 3 is 2.87 bits per heavy atom. The second-order valence-corrected chi connectivity index (χ2v) is 7.05. The molecule has 2 N–H and O–H groups in total. The van der Waals surface area contributed by atoms with Crippen molar-refractivity contribution in [1.29, 1.82) is 0 Å². The van der Waals surface area contributed by atoms with E-state index in [1.807, 2.05) is 20.8 Å². The minimum atomic E-state index is -0.325. The molecule has 0 saturated carbocycles. The number of hydrogen-bond acceptors (Lipinski definition) is 4. The molecule has 1 aliphatic heterocycles. The van der Waals surface area contributed by atoms with Crippen LogP contribution in [0.4, 0.5) is 10.6 Å². The lowest BCUT2D eigenvalue weighted by molar-refractivity contribution is -0.117. The standard InChI is InChI=1S/C15H22Cl2N4O2/c1-10-8-21(9-15(2,3)23-10)14(22)19-5-4-18-13-12(17)6-11(16)7-20-13/h6-7,10H,4-5,8-9H2,1-3H3,(H,18,20)(H,19,22). The number of anilines is 1. The van der Waals surface area contributed by atoms with Crippen LogP contribution < -0.4 is 10.6 Å². The Labute approximate surface area is 146 Å². The van der Waals surface area contributed by atoms with E-state index in [1.54, 1.807) is 11.0 Å². The van der Waals surface area contributed by atoms with E-state index >= 15 is 0 Å². The molecule has 1 atom stereocenters. The van der Waals surface area contributed by atoms with Crippen LogP contribution in [0.2, 0.25) is 10.0 Å². The van der Waals surface area contributed by atoms with E-state index in [4.69, 9.17) is 27.9 Å².